The molecule has 3 heterocycles. The monoisotopic (exact) mass is 515 g/mol. The van der Waals surface area contributed by atoms with Crippen molar-refractivity contribution in [1.29, 1.82) is 0 Å². The SMILES string of the molecule is NC(=O)C1(C(Cc2ccccc2)NC(=O)c2cc(Cl)cnc2-n2cnc(-c3ccccc3)c2)OC=CO1. The van der Waals surface area contributed by atoms with E-state index >= 15 is 0 Å². The van der Waals surface area contributed by atoms with Crippen LogP contribution in [0.25, 0.3) is 17.1 Å². The van der Waals surface area contributed by atoms with Crippen LogP contribution in [-0.4, -0.2) is 38.2 Å². The molecule has 2 aromatic heterocycles. The molecule has 0 saturated heterocycles. The molecule has 10 heteroatoms. The summed E-state index contributed by atoms with van der Waals surface area (Å²) in [5.41, 5.74) is 8.29. The minimum absolute atomic E-state index is 0.160. The number of primary amides is 1. The normalized spacial score (nSPS) is 14.4. The van der Waals surface area contributed by atoms with Crippen molar-refractivity contribution in [3.63, 3.8) is 0 Å². The first kappa shape index (κ1) is 24.1. The molecule has 9 nitrogen and oxygen atoms in total. The van der Waals surface area contributed by atoms with Gasteiger partial charge in [-0.05, 0) is 11.6 Å². The van der Waals surface area contributed by atoms with Gasteiger partial charge in [0.05, 0.1) is 16.3 Å². The van der Waals surface area contributed by atoms with Crippen molar-refractivity contribution in [1.82, 2.24) is 19.9 Å². The summed E-state index contributed by atoms with van der Waals surface area (Å²) in [5, 5.41) is 3.12. The number of hydrogen-bond donors (Lipinski definition) is 2. The van der Waals surface area contributed by atoms with Crippen molar-refractivity contribution in [2.45, 2.75) is 18.2 Å². The molecule has 1 aliphatic heterocycles. The van der Waals surface area contributed by atoms with E-state index in [1.807, 2.05) is 60.7 Å². The standard InChI is InChI=1S/C27H22ClN5O4/c28-20-14-21(24(30-15-20)33-16-22(31-17-33)19-9-5-2-6-10-19)25(34)32-23(13-18-7-3-1-4-8-18)27(26(29)35)36-11-12-37-27/h1-12,14-17,23H,13H2,(H2,29,35)(H,32,34). The quantitative estimate of drug-likeness (QED) is 0.369. The van der Waals surface area contributed by atoms with Crippen LogP contribution in [0.5, 0.6) is 0 Å². The number of halogens is 1. The van der Waals surface area contributed by atoms with Gasteiger partial charge in [0.25, 0.3) is 5.91 Å². The highest BCUT2D eigenvalue weighted by Crippen LogP contribution is 2.28. The summed E-state index contributed by atoms with van der Waals surface area (Å²) in [5.74, 6) is -3.06. The number of aromatic nitrogens is 3. The highest BCUT2D eigenvalue weighted by atomic mass is 35.5. The Labute approximate surface area is 217 Å². The van der Waals surface area contributed by atoms with Gasteiger partial charge in [0.15, 0.2) is 5.82 Å². The Balaban J connectivity index is 1.49. The number of nitrogens with zero attached hydrogens (tertiary/aromatic N) is 3. The van der Waals surface area contributed by atoms with Crippen LogP contribution in [0, 0.1) is 0 Å². The molecule has 2 aromatic carbocycles. The van der Waals surface area contributed by atoms with E-state index < -0.39 is 23.6 Å². The predicted octanol–water partition coefficient (Wildman–Crippen LogP) is 3.63. The van der Waals surface area contributed by atoms with Crippen LogP contribution in [-0.2, 0) is 20.7 Å². The zero-order valence-electron chi connectivity index (χ0n) is 19.5. The van der Waals surface area contributed by atoms with Gasteiger partial charge in [0.1, 0.15) is 24.9 Å². The van der Waals surface area contributed by atoms with Gasteiger partial charge in [0.2, 0.25) is 0 Å². The molecule has 3 N–H and O–H groups in total. The van der Waals surface area contributed by atoms with Crippen molar-refractivity contribution < 1.29 is 19.1 Å². The van der Waals surface area contributed by atoms with Gasteiger partial charge in [-0.2, -0.15) is 0 Å². The number of nitrogens with one attached hydrogen (secondary N) is 1. The number of ether oxygens (including phenoxy) is 2. The summed E-state index contributed by atoms with van der Waals surface area (Å²) in [6, 6.07) is 19.4. The number of carbonyl (C=O) groups is 2. The summed E-state index contributed by atoms with van der Waals surface area (Å²) < 4.78 is 12.7. The topological polar surface area (TPSA) is 121 Å². The number of hydrogen-bond acceptors (Lipinski definition) is 6. The number of nitrogens with two attached hydrogens (primary N) is 1. The number of amides is 2. The molecule has 2 amide bonds. The third-order valence-electron chi connectivity index (χ3n) is 5.91. The van der Waals surface area contributed by atoms with E-state index in [-0.39, 0.29) is 17.0 Å². The van der Waals surface area contributed by atoms with Gasteiger partial charge in [0, 0.05) is 24.4 Å². The molecule has 0 radical (unpaired) electrons. The molecule has 1 aliphatic rings. The molecule has 1 unspecified atom stereocenters. The smallest absolute Gasteiger partial charge is 0.352 e. The number of imidazole rings is 1. The second-order valence-electron chi connectivity index (χ2n) is 8.31. The fourth-order valence-corrected chi connectivity index (χ4v) is 4.26. The highest BCUT2D eigenvalue weighted by molar-refractivity contribution is 6.30. The Morgan fingerprint density at radius 1 is 1.03 bits per heavy atom. The molecule has 0 saturated carbocycles. The number of pyridine rings is 1. The van der Waals surface area contributed by atoms with E-state index in [0.717, 1.165) is 11.1 Å². The lowest BCUT2D eigenvalue weighted by Crippen LogP contribution is -2.61. The minimum atomic E-state index is -1.92. The molecule has 5 rings (SSSR count). The molecule has 0 bridgehead atoms. The van der Waals surface area contributed by atoms with Crippen LogP contribution in [0.1, 0.15) is 15.9 Å². The third-order valence-corrected chi connectivity index (χ3v) is 6.11. The van der Waals surface area contributed by atoms with E-state index in [4.69, 9.17) is 26.8 Å². The third kappa shape index (κ3) is 4.89. The second kappa shape index (κ2) is 10.2. The van der Waals surface area contributed by atoms with E-state index in [9.17, 15) is 9.59 Å². The maximum Gasteiger partial charge on any atom is 0.352 e. The summed E-state index contributed by atoms with van der Waals surface area (Å²) >= 11 is 6.22. The molecule has 1 atom stereocenters. The Bertz CT molecular complexity index is 1450. The van der Waals surface area contributed by atoms with Crippen molar-refractivity contribution in [2.75, 3.05) is 0 Å². The number of carbonyl (C=O) groups excluding carboxylic acids is 2. The van der Waals surface area contributed by atoms with Crippen LogP contribution in [0.4, 0.5) is 0 Å². The van der Waals surface area contributed by atoms with Crippen LogP contribution in [0.15, 0.2) is 98.0 Å². The fraction of sp³-hybridized carbons (Fsp3) is 0.111. The average Bonchev–Trinajstić information content (AvgIpc) is 3.61. The van der Waals surface area contributed by atoms with E-state index in [2.05, 4.69) is 15.3 Å². The average molecular weight is 516 g/mol. The largest absolute Gasteiger partial charge is 0.447 e. The molecule has 0 spiro atoms. The lowest BCUT2D eigenvalue weighted by molar-refractivity contribution is -0.182. The Morgan fingerprint density at radius 3 is 2.38 bits per heavy atom. The lowest BCUT2D eigenvalue weighted by atomic mass is 9.97. The van der Waals surface area contributed by atoms with Crippen molar-refractivity contribution in [3.05, 3.63) is 114 Å². The Morgan fingerprint density at radius 2 is 1.70 bits per heavy atom. The summed E-state index contributed by atoms with van der Waals surface area (Å²) in [6.07, 6.45) is 7.41. The van der Waals surface area contributed by atoms with Crippen molar-refractivity contribution >= 4 is 23.4 Å². The van der Waals surface area contributed by atoms with Gasteiger partial charge in [-0.1, -0.05) is 72.3 Å². The second-order valence-corrected chi connectivity index (χ2v) is 8.75. The number of rotatable bonds is 8. The first-order chi connectivity index (χ1) is 18.0. The van der Waals surface area contributed by atoms with E-state index in [1.54, 1.807) is 17.1 Å². The minimum Gasteiger partial charge on any atom is -0.447 e. The van der Waals surface area contributed by atoms with Crippen molar-refractivity contribution in [3.8, 4) is 17.1 Å². The molecule has 37 heavy (non-hydrogen) atoms. The van der Waals surface area contributed by atoms with E-state index in [0.29, 0.717) is 11.5 Å². The molecule has 0 fully saturated rings. The predicted molar refractivity (Wildman–Crippen MR) is 136 cm³/mol. The first-order valence-corrected chi connectivity index (χ1v) is 11.7. The summed E-state index contributed by atoms with van der Waals surface area (Å²) in [6.45, 7) is 0. The van der Waals surface area contributed by atoms with Gasteiger partial charge >= 0.3 is 11.7 Å². The van der Waals surface area contributed by atoms with E-state index in [1.165, 1.54) is 24.8 Å². The van der Waals surface area contributed by atoms with Gasteiger partial charge in [-0.3, -0.25) is 14.2 Å². The van der Waals surface area contributed by atoms with Crippen LogP contribution in [0.2, 0.25) is 5.02 Å². The molecule has 0 aliphatic carbocycles. The molecular weight excluding hydrogens is 494 g/mol. The lowest BCUT2D eigenvalue weighted by Gasteiger charge is -2.33. The van der Waals surface area contributed by atoms with Crippen LogP contribution in [0.3, 0.4) is 0 Å². The number of benzene rings is 2. The maximum atomic E-state index is 13.7. The fourth-order valence-electron chi connectivity index (χ4n) is 4.11. The summed E-state index contributed by atoms with van der Waals surface area (Å²) in [7, 11) is 0. The Hall–Kier alpha value is -4.63. The maximum absolute atomic E-state index is 13.7. The van der Waals surface area contributed by atoms with Gasteiger partial charge in [-0.15, -0.1) is 0 Å². The Kier molecular flexibility index (Phi) is 6.61. The van der Waals surface area contributed by atoms with Crippen LogP contribution >= 0.6 is 11.6 Å². The zero-order chi connectivity index (χ0) is 25.8. The van der Waals surface area contributed by atoms with Gasteiger partial charge < -0.3 is 20.5 Å². The summed E-state index contributed by atoms with van der Waals surface area (Å²) in [4.78, 5) is 35.0. The molecule has 4 aromatic rings. The molecular formula is C27H22ClN5O4. The first-order valence-electron chi connectivity index (χ1n) is 11.4. The van der Waals surface area contributed by atoms with Crippen molar-refractivity contribution in [2.24, 2.45) is 5.73 Å². The highest BCUT2D eigenvalue weighted by Gasteiger charge is 2.51. The van der Waals surface area contributed by atoms with Gasteiger partial charge in [-0.25, -0.2) is 9.97 Å². The van der Waals surface area contributed by atoms with Crippen LogP contribution < -0.4 is 11.1 Å². The molecule has 186 valence electrons. The zero-order valence-corrected chi connectivity index (χ0v) is 20.2.